The number of nitrogen functional groups attached to an aromatic ring is 1. The Labute approximate surface area is 120 Å². The van der Waals surface area contributed by atoms with Crippen molar-refractivity contribution in [3.63, 3.8) is 0 Å². The second-order valence-corrected chi connectivity index (χ2v) is 4.98. The van der Waals surface area contributed by atoms with Crippen LogP contribution in [0.2, 0.25) is 0 Å². The molecule has 114 valence electrons. The van der Waals surface area contributed by atoms with Crippen molar-refractivity contribution in [3.8, 4) is 0 Å². The van der Waals surface area contributed by atoms with Crippen molar-refractivity contribution in [1.82, 2.24) is 5.32 Å². The first-order chi connectivity index (χ1) is 9.92. The number of nitrogens with two attached hydrogens (primary N) is 1. The van der Waals surface area contributed by atoms with Gasteiger partial charge >= 0.3 is 0 Å². The molecule has 0 bridgehead atoms. The van der Waals surface area contributed by atoms with E-state index < -0.39 is 22.3 Å². The lowest BCUT2D eigenvalue weighted by Crippen LogP contribution is -2.34. The van der Waals surface area contributed by atoms with Gasteiger partial charge in [-0.05, 0) is 25.3 Å². The van der Waals surface area contributed by atoms with E-state index in [9.17, 15) is 19.3 Å². The van der Waals surface area contributed by atoms with Gasteiger partial charge in [0.25, 0.3) is 11.6 Å². The molecule has 2 unspecified atom stereocenters. The van der Waals surface area contributed by atoms with Gasteiger partial charge in [-0.2, -0.15) is 0 Å². The van der Waals surface area contributed by atoms with E-state index >= 15 is 0 Å². The Balaban J connectivity index is 2.18. The average Bonchev–Trinajstić information content (AvgIpc) is 2.88. The minimum absolute atomic E-state index is 0.0782. The number of nitrogens with one attached hydrogen (secondary N) is 1. The highest BCUT2D eigenvalue weighted by Gasteiger charge is 2.28. The van der Waals surface area contributed by atoms with Crippen LogP contribution in [0, 0.1) is 15.9 Å². The molecular weight excluding hydrogens is 281 g/mol. The van der Waals surface area contributed by atoms with E-state index in [1.54, 1.807) is 7.11 Å². The summed E-state index contributed by atoms with van der Waals surface area (Å²) in [6.07, 6.45) is 2.29. The predicted octanol–water partition coefficient (Wildman–Crippen LogP) is 1.61. The SMILES string of the molecule is COC1CCC(NC(=O)c2cc(F)cc([N+](=O)[O-])c2N)C1. The molecule has 7 nitrogen and oxygen atoms in total. The molecule has 1 aromatic carbocycles. The normalized spacial score (nSPS) is 21.2. The van der Waals surface area contributed by atoms with Gasteiger partial charge in [-0.1, -0.05) is 0 Å². The first-order valence-electron chi connectivity index (χ1n) is 6.49. The summed E-state index contributed by atoms with van der Waals surface area (Å²) in [5.41, 5.74) is 4.43. The van der Waals surface area contributed by atoms with Gasteiger partial charge in [-0.15, -0.1) is 0 Å². The van der Waals surface area contributed by atoms with Crippen LogP contribution in [-0.4, -0.2) is 30.1 Å². The van der Waals surface area contributed by atoms with Crippen LogP contribution in [0.15, 0.2) is 12.1 Å². The predicted molar refractivity (Wildman–Crippen MR) is 73.4 cm³/mol. The molecule has 0 aliphatic heterocycles. The highest BCUT2D eigenvalue weighted by atomic mass is 19.1. The lowest BCUT2D eigenvalue weighted by atomic mass is 10.1. The number of carbonyl (C=O) groups is 1. The first kappa shape index (κ1) is 15.2. The van der Waals surface area contributed by atoms with Crippen LogP contribution in [0.25, 0.3) is 0 Å². The van der Waals surface area contributed by atoms with Crippen molar-refractivity contribution in [2.45, 2.75) is 31.4 Å². The smallest absolute Gasteiger partial charge is 0.295 e. The fraction of sp³-hybridized carbons (Fsp3) is 0.462. The van der Waals surface area contributed by atoms with Gasteiger partial charge < -0.3 is 15.8 Å². The van der Waals surface area contributed by atoms with Crippen molar-refractivity contribution >= 4 is 17.3 Å². The van der Waals surface area contributed by atoms with Crippen molar-refractivity contribution in [2.75, 3.05) is 12.8 Å². The van der Waals surface area contributed by atoms with E-state index in [4.69, 9.17) is 10.5 Å². The van der Waals surface area contributed by atoms with Crippen LogP contribution in [0.1, 0.15) is 29.6 Å². The number of methoxy groups -OCH3 is 1. The average molecular weight is 297 g/mol. The summed E-state index contributed by atoms with van der Waals surface area (Å²) >= 11 is 0. The van der Waals surface area contributed by atoms with E-state index in [2.05, 4.69) is 5.32 Å². The highest BCUT2D eigenvalue weighted by Crippen LogP contribution is 2.28. The molecule has 2 atom stereocenters. The van der Waals surface area contributed by atoms with Crippen LogP contribution < -0.4 is 11.1 Å². The van der Waals surface area contributed by atoms with Crippen LogP contribution in [0.4, 0.5) is 15.8 Å². The Hall–Kier alpha value is -2.22. The molecule has 0 heterocycles. The van der Waals surface area contributed by atoms with E-state index in [-0.39, 0.29) is 23.4 Å². The van der Waals surface area contributed by atoms with Crippen molar-refractivity contribution in [1.29, 1.82) is 0 Å². The summed E-state index contributed by atoms with van der Waals surface area (Å²) in [5.74, 6) is -1.49. The second kappa shape index (κ2) is 6.04. The molecule has 1 amide bonds. The Morgan fingerprint density at radius 1 is 1.52 bits per heavy atom. The summed E-state index contributed by atoms with van der Waals surface area (Å²) in [4.78, 5) is 22.1. The quantitative estimate of drug-likeness (QED) is 0.499. The summed E-state index contributed by atoms with van der Waals surface area (Å²) in [7, 11) is 1.60. The van der Waals surface area contributed by atoms with Crippen LogP contribution in [0.3, 0.4) is 0 Å². The van der Waals surface area contributed by atoms with E-state index in [1.165, 1.54) is 0 Å². The standard InChI is InChI=1S/C13H16FN3O4/c1-21-9-3-2-8(6-9)16-13(18)10-4-7(14)5-11(12(10)15)17(19)20/h4-5,8-9H,2-3,6,15H2,1H3,(H,16,18). The van der Waals surface area contributed by atoms with Crippen molar-refractivity contribution in [3.05, 3.63) is 33.6 Å². The van der Waals surface area contributed by atoms with Gasteiger partial charge in [0.1, 0.15) is 11.5 Å². The number of hydrogen-bond donors (Lipinski definition) is 2. The minimum atomic E-state index is -0.873. The maximum atomic E-state index is 13.4. The molecule has 1 aromatic rings. The van der Waals surface area contributed by atoms with Crippen molar-refractivity contribution < 1.29 is 18.8 Å². The van der Waals surface area contributed by atoms with Gasteiger partial charge in [0.15, 0.2) is 0 Å². The number of benzene rings is 1. The molecule has 0 saturated heterocycles. The maximum Gasteiger partial charge on any atom is 0.295 e. The second-order valence-electron chi connectivity index (χ2n) is 4.98. The molecule has 1 fully saturated rings. The molecule has 0 aromatic heterocycles. The van der Waals surface area contributed by atoms with E-state index in [0.29, 0.717) is 12.5 Å². The molecule has 0 spiro atoms. The number of nitro groups is 1. The van der Waals surface area contributed by atoms with E-state index in [0.717, 1.165) is 18.9 Å². The fourth-order valence-electron chi connectivity index (χ4n) is 2.49. The summed E-state index contributed by atoms with van der Waals surface area (Å²) in [6.45, 7) is 0. The number of ether oxygens (including phenoxy) is 1. The first-order valence-corrected chi connectivity index (χ1v) is 6.49. The van der Waals surface area contributed by atoms with Gasteiger partial charge in [0.05, 0.1) is 22.7 Å². The number of hydrogen-bond acceptors (Lipinski definition) is 5. The van der Waals surface area contributed by atoms with Gasteiger partial charge in [-0.25, -0.2) is 4.39 Å². The van der Waals surface area contributed by atoms with Crippen molar-refractivity contribution in [2.24, 2.45) is 0 Å². The Kier molecular flexibility index (Phi) is 4.37. The van der Waals surface area contributed by atoms with Crippen LogP contribution in [-0.2, 0) is 4.74 Å². The zero-order valence-corrected chi connectivity index (χ0v) is 11.5. The molecule has 2 rings (SSSR count). The zero-order valence-electron chi connectivity index (χ0n) is 11.5. The van der Waals surface area contributed by atoms with Crippen LogP contribution >= 0.6 is 0 Å². The molecular formula is C13H16FN3O4. The number of nitrogens with zero attached hydrogens (tertiary/aromatic N) is 1. The number of halogens is 1. The lowest BCUT2D eigenvalue weighted by molar-refractivity contribution is -0.384. The minimum Gasteiger partial charge on any atom is -0.393 e. The molecule has 21 heavy (non-hydrogen) atoms. The number of carbonyl (C=O) groups excluding carboxylic acids is 1. The zero-order chi connectivity index (χ0) is 15.6. The Morgan fingerprint density at radius 3 is 2.81 bits per heavy atom. The van der Waals surface area contributed by atoms with E-state index in [1.807, 2.05) is 0 Å². The summed E-state index contributed by atoms with van der Waals surface area (Å²) in [5, 5.41) is 13.5. The highest BCUT2D eigenvalue weighted by molar-refractivity contribution is 6.01. The Morgan fingerprint density at radius 2 is 2.24 bits per heavy atom. The molecule has 1 saturated carbocycles. The Bertz CT molecular complexity index is 579. The molecule has 0 radical (unpaired) electrons. The third kappa shape index (κ3) is 3.27. The number of nitro benzene ring substituents is 1. The number of anilines is 1. The fourth-order valence-corrected chi connectivity index (χ4v) is 2.49. The van der Waals surface area contributed by atoms with Gasteiger partial charge in [0.2, 0.25) is 0 Å². The third-order valence-electron chi connectivity index (χ3n) is 3.62. The monoisotopic (exact) mass is 297 g/mol. The summed E-state index contributed by atoms with van der Waals surface area (Å²) in [6, 6.07) is 1.49. The largest absolute Gasteiger partial charge is 0.393 e. The number of rotatable bonds is 4. The van der Waals surface area contributed by atoms with Gasteiger partial charge in [-0.3, -0.25) is 14.9 Å². The number of amides is 1. The van der Waals surface area contributed by atoms with Gasteiger partial charge in [0, 0.05) is 13.2 Å². The molecule has 1 aliphatic carbocycles. The molecule has 1 aliphatic rings. The summed E-state index contributed by atoms with van der Waals surface area (Å²) < 4.78 is 18.6. The molecule has 3 N–H and O–H groups in total. The molecule has 8 heteroatoms. The van der Waals surface area contributed by atoms with Crippen LogP contribution in [0.5, 0.6) is 0 Å². The topological polar surface area (TPSA) is 107 Å². The lowest BCUT2D eigenvalue weighted by Gasteiger charge is -2.14. The third-order valence-corrected chi connectivity index (χ3v) is 3.62. The maximum absolute atomic E-state index is 13.4.